The Bertz CT molecular complexity index is 330. The molecular weight excluding hydrogens is 345 g/mol. The van der Waals surface area contributed by atoms with E-state index < -0.39 is 0 Å². The van der Waals surface area contributed by atoms with Crippen LogP contribution in [-0.4, -0.2) is 50.6 Å². The topological polar surface area (TPSA) is 44.4 Å². The van der Waals surface area contributed by atoms with E-state index in [9.17, 15) is 4.79 Å². The fraction of sp³-hybridized carbons (Fsp3) is 0.944. The van der Waals surface area contributed by atoms with Crippen molar-refractivity contribution in [1.82, 2.24) is 15.5 Å². The van der Waals surface area contributed by atoms with Crippen molar-refractivity contribution in [2.45, 2.75) is 63.8 Å². The zero-order valence-electron chi connectivity index (χ0n) is 15.4. The van der Waals surface area contributed by atoms with Crippen LogP contribution in [0.4, 0.5) is 0 Å². The molecular formula is C18H37Cl2N3O. The number of nitrogens with zero attached hydrogens (tertiary/aromatic N) is 1. The second-order valence-corrected chi connectivity index (χ2v) is 7.47. The first kappa shape index (κ1) is 24.0. The van der Waals surface area contributed by atoms with Gasteiger partial charge in [-0.25, -0.2) is 0 Å². The van der Waals surface area contributed by atoms with Crippen molar-refractivity contribution in [1.29, 1.82) is 0 Å². The number of carbonyl (C=O) groups is 1. The molecule has 1 aliphatic carbocycles. The summed E-state index contributed by atoms with van der Waals surface area (Å²) in [7, 11) is 4.31. The lowest BCUT2D eigenvalue weighted by molar-refractivity contribution is -0.121. The highest BCUT2D eigenvalue weighted by Gasteiger charge is 2.25. The first-order chi connectivity index (χ1) is 10.7. The molecule has 2 fully saturated rings. The van der Waals surface area contributed by atoms with Crippen LogP contribution < -0.4 is 10.6 Å². The molecule has 0 spiro atoms. The predicted octanol–water partition coefficient (Wildman–Crippen LogP) is 3.24. The van der Waals surface area contributed by atoms with Crippen LogP contribution in [0, 0.1) is 11.8 Å². The Morgan fingerprint density at radius 2 is 1.71 bits per heavy atom. The van der Waals surface area contributed by atoms with Crippen LogP contribution in [0.2, 0.25) is 0 Å². The number of nitrogens with one attached hydrogen (secondary N) is 2. The number of carbonyl (C=O) groups excluding carboxylic acids is 1. The molecule has 2 N–H and O–H groups in total. The number of rotatable bonds is 7. The Morgan fingerprint density at radius 3 is 2.29 bits per heavy atom. The summed E-state index contributed by atoms with van der Waals surface area (Å²) < 4.78 is 0. The summed E-state index contributed by atoms with van der Waals surface area (Å²) in [6.07, 6.45) is 11.0. The van der Waals surface area contributed by atoms with E-state index in [0.717, 1.165) is 37.9 Å². The van der Waals surface area contributed by atoms with Crippen molar-refractivity contribution < 1.29 is 4.79 Å². The van der Waals surface area contributed by atoms with Crippen molar-refractivity contribution in [2.75, 3.05) is 33.7 Å². The van der Waals surface area contributed by atoms with Crippen LogP contribution in [0.5, 0.6) is 0 Å². The molecule has 1 saturated heterocycles. The number of likely N-dealkylation sites (N-methyl/N-ethyl adjacent to an activating group) is 1. The Balaban J connectivity index is 0.00000264. The van der Waals surface area contributed by atoms with E-state index in [1.165, 1.54) is 44.9 Å². The quantitative estimate of drug-likeness (QED) is 0.711. The Kier molecular flexibility index (Phi) is 13.2. The smallest absolute Gasteiger partial charge is 0.220 e. The molecule has 6 heteroatoms. The van der Waals surface area contributed by atoms with Gasteiger partial charge in [0.2, 0.25) is 5.91 Å². The second kappa shape index (κ2) is 13.2. The maximum Gasteiger partial charge on any atom is 0.220 e. The molecule has 24 heavy (non-hydrogen) atoms. The molecule has 0 aromatic rings. The molecule has 1 heterocycles. The van der Waals surface area contributed by atoms with Gasteiger partial charge in [0, 0.05) is 19.0 Å². The molecule has 0 radical (unpaired) electrons. The van der Waals surface area contributed by atoms with Crippen molar-refractivity contribution in [2.24, 2.45) is 11.8 Å². The average molecular weight is 382 g/mol. The summed E-state index contributed by atoms with van der Waals surface area (Å²) in [6.45, 7) is 3.07. The molecule has 0 bridgehead atoms. The van der Waals surface area contributed by atoms with E-state index >= 15 is 0 Å². The molecule has 0 aromatic heterocycles. The molecule has 1 saturated carbocycles. The monoisotopic (exact) mass is 381 g/mol. The number of amides is 1. The Labute approximate surface area is 160 Å². The average Bonchev–Trinajstić information content (AvgIpc) is 2.55. The van der Waals surface area contributed by atoms with Gasteiger partial charge in [-0.05, 0) is 71.1 Å². The normalized spacial score (nSPS) is 20.8. The van der Waals surface area contributed by atoms with Gasteiger partial charge in [-0.2, -0.15) is 0 Å². The zero-order valence-corrected chi connectivity index (χ0v) is 17.0. The van der Waals surface area contributed by atoms with Crippen molar-refractivity contribution in [3.8, 4) is 0 Å². The van der Waals surface area contributed by atoms with Gasteiger partial charge in [0.25, 0.3) is 0 Å². The number of hydrogen-bond donors (Lipinski definition) is 2. The first-order valence-corrected chi connectivity index (χ1v) is 9.30. The van der Waals surface area contributed by atoms with Crippen molar-refractivity contribution in [3.63, 3.8) is 0 Å². The van der Waals surface area contributed by atoms with E-state index in [1.807, 2.05) is 0 Å². The Hall–Kier alpha value is -0.0300. The van der Waals surface area contributed by atoms with E-state index in [-0.39, 0.29) is 30.7 Å². The minimum absolute atomic E-state index is 0. The van der Waals surface area contributed by atoms with Gasteiger partial charge in [-0.15, -0.1) is 24.8 Å². The number of piperidine rings is 1. The lowest BCUT2D eigenvalue weighted by Crippen LogP contribution is -2.45. The van der Waals surface area contributed by atoms with Crippen LogP contribution in [0.3, 0.4) is 0 Å². The number of hydrogen-bond acceptors (Lipinski definition) is 3. The van der Waals surface area contributed by atoms with Crippen LogP contribution in [0.15, 0.2) is 0 Å². The highest BCUT2D eigenvalue weighted by atomic mass is 35.5. The zero-order chi connectivity index (χ0) is 15.8. The second-order valence-electron chi connectivity index (χ2n) is 7.47. The lowest BCUT2D eigenvalue weighted by Gasteiger charge is -2.35. The fourth-order valence-electron chi connectivity index (χ4n) is 4.10. The van der Waals surface area contributed by atoms with Crippen molar-refractivity contribution >= 4 is 30.7 Å². The fourth-order valence-corrected chi connectivity index (χ4v) is 4.10. The maximum absolute atomic E-state index is 12.2. The minimum atomic E-state index is 0. The molecule has 2 rings (SSSR count). The summed E-state index contributed by atoms with van der Waals surface area (Å²) in [5.74, 6) is 1.75. The molecule has 2 aliphatic rings. The predicted molar refractivity (Wildman–Crippen MR) is 106 cm³/mol. The van der Waals surface area contributed by atoms with Gasteiger partial charge in [-0.1, -0.05) is 19.3 Å². The summed E-state index contributed by atoms with van der Waals surface area (Å²) in [5.41, 5.74) is 0. The van der Waals surface area contributed by atoms with Crippen LogP contribution in [-0.2, 0) is 4.79 Å². The third kappa shape index (κ3) is 8.37. The van der Waals surface area contributed by atoms with E-state index in [1.54, 1.807) is 0 Å². The highest BCUT2D eigenvalue weighted by molar-refractivity contribution is 5.85. The number of halogens is 2. The Morgan fingerprint density at radius 1 is 1.08 bits per heavy atom. The summed E-state index contributed by atoms with van der Waals surface area (Å²) >= 11 is 0. The molecule has 1 aliphatic heterocycles. The van der Waals surface area contributed by atoms with Gasteiger partial charge >= 0.3 is 0 Å². The molecule has 1 unspecified atom stereocenters. The van der Waals surface area contributed by atoms with E-state index in [2.05, 4.69) is 29.6 Å². The third-order valence-corrected chi connectivity index (χ3v) is 5.60. The minimum Gasteiger partial charge on any atom is -0.355 e. The van der Waals surface area contributed by atoms with Crippen LogP contribution in [0.1, 0.15) is 57.8 Å². The van der Waals surface area contributed by atoms with Crippen molar-refractivity contribution in [3.05, 3.63) is 0 Å². The molecule has 1 amide bonds. The molecule has 1 atom stereocenters. The van der Waals surface area contributed by atoms with E-state index in [4.69, 9.17) is 0 Å². The third-order valence-electron chi connectivity index (χ3n) is 5.60. The molecule has 0 aromatic carbocycles. The highest BCUT2D eigenvalue weighted by Crippen LogP contribution is 2.28. The molecule has 144 valence electrons. The van der Waals surface area contributed by atoms with Gasteiger partial charge in [-0.3, -0.25) is 4.79 Å². The van der Waals surface area contributed by atoms with Crippen LogP contribution in [0.25, 0.3) is 0 Å². The standard InChI is InChI=1S/C18H35N3O.2ClH/c1-21(2)17(16-6-4-3-5-7-16)14-20-18(22)9-8-15-10-12-19-13-11-15;;/h15-17,19H,3-14H2,1-2H3,(H,20,22);2*1H. The largest absolute Gasteiger partial charge is 0.355 e. The van der Waals surface area contributed by atoms with Gasteiger partial charge in [0.15, 0.2) is 0 Å². The van der Waals surface area contributed by atoms with Gasteiger partial charge in [0.1, 0.15) is 0 Å². The summed E-state index contributed by atoms with van der Waals surface area (Å²) in [5, 5.41) is 6.59. The molecule has 4 nitrogen and oxygen atoms in total. The maximum atomic E-state index is 12.2. The summed E-state index contributed by atoms with van der Waals surface area (Å²) in [6, 6.07) is 0.503. The first-order valence-electron chi connectivity index (χ1n) is 9.30. The van der Waals surface area contributed by atoms with Crippen LogP contribution >= 0.6 is 24.8 Å². The SMILES string of the molecule is CN(C)C(CNC(=O)CCC1CCNCC1)C1CCCCC1.Cl.Cl. The lowest BCUT2D eigenvalue weighted by atomic mass is 9.83. The van der Waals surface area contributed by atoms with Gasteiger partial charge < -0.3 is 15.5 Å². The van der Waals surface area contributed by atoms with E-state index in [0.29, 0.717) is 12.5 Å². The summed E-state index contributed by atoms with van der Waals surface area (Å²) in [4.78, 5) is 14.5. The van der Waals surface area contributed by atoms with Gasteiger partial charge in [0.05, 0.1) is 0 Å².